The number of nitrogens with zero attached hydrogens (tertiary/aromatic N) is 3. The Morgan fingerprint density at radius 3 is 2.35 bits per heavy atom. The first-order valence-corrected chi connectivity index (χ1v) is 11.8. The van der Waals surface area contributed by atoms with Gasteiger partial charge in [0, 0.05) is 24.7 Å². The van der Waals surface area contributed by atoms with Crippen molar-refractivity contribution in [3.8, 4) is 22.9 Å². The summed E-state index contributed by atoms with van der Waals surface area (Å²) in [5.74, 6) is 1.14. The first-order chi connectivity index (χ1) is 18.1. The minimum atomic E-state index is -0.487. The average molecular weight is 502 g/mol. The Kier molecular flexibility index (Phi) is 8.45. The Hall–Kier alpha value is -4.70. The van der Waals surface area contributed by atoms with Gasteiger partial charge in [-0.15, -0.1) is 5.10 Å². The van der Waals surface area contributed by atoms with Crippen LogP contribution in [-0.4, -0.2) is 51.6 Å². The number of para-hydroxylation sites is 1. The smallest absolute Gasteiger partial charge is 0.274 e. The largest absolute Gasteiger partial charge is 0.487 e. The Bertz CT molecular complexity index is 1340. The minimum Gasteiger partial charge on any atom is -0.487 e. The third-order valence-electron chi connectivity index (χ3n) is 5.25. The zero-order valence-corrected chi connectivity index (χ0v) is 20.3. The number of benzene rings is 3. The van der Waals surface area contributed by atoms with Gasteiger partial charge in [-0.25, -0.2) is 4.68 Å². The number of ether oxygens (including phenoxy) is 2. The molecule has 0 aliphatic heterocycles. The molecule has 0 fully saturated rings. The van der Waals surface area contributed by atoms with Gasteiger partial charge in [-0.2, -0.15) is 0 Å². The molecule has 0 aliphatic carbocycles. The second-order valence-electron chi connectivity index (χ2n) is 7.86. The van der Waals surface area contributed by atoms with Gasteiger partial charge in [0.1, 0.15) is 29.5 Å². The van der Waals surface area contributed by atoms with Gasteiger partial charge in [0.15, 0.2) is 5.69 Å². The fourth-order valence-electron chi connectivity index (χ4n) is 3.49. The van der Waals surface area contributed by atoms with Crippen molar-refractivity contribution in [3.05, 3.63) is 95.8 Å². The van der Waals surface area contributed by atoms with Crippen molar-refractivity contribution >= 4 is 11.8 Å². The standard InChI is InChI=1S/C27H27N5O5/c1-2-28-26(34)19-11-13-20(14-12-19)32-24(25(30-31-32)27(35)29-15-16-33)18-36-22-9-6-10-23(17-22)37-21-7-4-3-5-8-21/h3-14,17,33H,2,15-16,18H2,1H3,(H,28,34)(H,29,35). The molecule has 10 nitrogen and oxygen atoms in total. The molecule has 1 heterocycles. The van der Waals surface area contributed by atoms with Gasteiger partial charge >= 0.3 is 0 Å². The monoisotopic (exact) mass is 501 g/mol. The molecule has 0 saturated carbocycles. The lowest BCUT2D eigenvalue weighted by molar-refractivity contribution is 0.0934. The van der Waals surface area contributed by atoms with Crippen LogP contribution in [0.1, 0.15) is 33.5 Å². The molecule has 4 aromatic rings. The van der Waals surface area contributed by atoms with Crippen molar-refractivity contribution in [1.82, 2.24) is 25.6 Å². The van der Waals surface area contributed by atoms with E-state index in [1.807, 2.05) is 43.3 Å². The number of aliphatic hydroxyl groups excluding tert-OH is 1. The predicted octanol–water partition coefficient (Wildman–Crippen LogP) is 3.11. The lowest BCUT2D eigenvalue weighted by Gasteiger charge is -2.12. The van der Waals surface area contributed by atoms with Crippen molar-refractivity contribution in [3.63, 3.8) is 0 Å². The van der Waals surface area contributed by atoms with Gasteiger partial charge in [0.05, 0.1) is 12.3 Å². The molecule has 0 spiro atoms. The molecule has 1 aromatic heterocycles. The quantitative estimate of drug-likeness (QED) is 0.288. The number of nitrogens with one attached hydrogen (secondary N) is 2. The molecule has 0 radical (unpaired) electrons. The maximum absolute atomic E-state index is 12.7. The molecule has 37 heavy (non-hydrogen) atoms. The highest BCUT2D eigenvalue weighted by molar-refractivity contribution is 5.94. The molecule has 190 valence electrons. The summed E-state index contributed by atoms with van der Waals surface area (Å²) in [6, 6.07) is 23.3. The zero-order chi connectivity index (χ0) is 26.0. The van der Waals surface area contributed by atoms with E-state index in [4.69, 9.17) is 14.6 Å². The van der Waals surface area contributed by atoms with E-state index >= 15 is 0 Å². The van der Waals surface area contributed by atoms with E-state index in [2.05, 4.69) is 20.9 Å². The molecule has 0 aliphatic rings. The highest BCUT2D eigenvalue weighted by atomic mass is 16.5. The highest BCUT2D eigenvalue weighted by Gasteiger charge is 2.21. The third kappa shape index (κ3) is 6.50. The molecular formula is C27H27N5O5. The fourth-order valence-corrected chi connectivity index (χ4v) is 3.49. The maximum atomic E-state index is 12.7. The predicted molar refractivity (Wildman–Crippen MR) is 136 cm³/mol. The van der Waals surface area contributed by atoms with Crippen LogP contribution >= 0.6 is 0 Å². The van der Waals surface area contributed by atoms with Gasteiger partial charge in [0.2, 0.25) is 0 Å². The van der Waals surface area contributed by atoms with Crippen LogP contribution < -0.4 is 20.1 Å². The van der Waals surface area contributed by atoms with E-state index in [0.29, 0.717) is 40.7 Å². The summed E-state index contributed by atoms with van der Waals surface area (Å²) in [4.78, 5) is 24.8. The average Bonchev–Trinajstić information content (AvgIpc) is 3.35. The highest BCUT2D eigenvalue weighted by Crippen LogP contribution is 2.26. The minimum absolute atomic E-state index is 0.0261. The van der Waals surface area contributed by atoms with E-state index in [0.717, 1.165) is 0 Å². The van der Waals surface area contributed by atoms with Crippen molar-refractivity contribution in [2.45, 2.75) is 13.5 Å². The Morgan fingerprint density at radius 2 is 1.62 bits per heavy atom. The molecular weight excluding hydrogens is 474 g/mol. The summed E-state index contributed by atoms with van der Waals surface area (Å²) < 4.78 is 13.4. The number of carbonyl (C=O) groups is 2. The lowest BCUT2D eigenvalue weighted by Crippen LogP contribution is -2.28. The number of rotatable bonds is 11. The number of carbonyl (C=O) groups excluding carboxylic acids is 2. The number of hydrogen-bond donors (Lipinski definition) is 3. The number of aliphatic hydroxyl groups is 1. The first kappa shape index (κ1) is 25.4. The van der Waals surface area contributed by atoms with Crippen LogP contribution in [0.4, 0.5) is 0 Å². The van der Waals surface area contributed by atoms with Crippen molar-refractivity contribution < 1.29 is 24.2 Å². The third-order valence-corrected chi connectivity index (χ3v) is 5.25. The van der Waals surface area contributed by atoms with Gasteiger partial charge in [0.25, 0.3) is 11.8 Å². The van der Waals surface area contributed by atoms with Crippen molar-refractivity contribution in [2.75, 3.05) is 19.7 Å². The summed E-state index contributed by atoms with van der Waals surface area (Å²) in [5.41, 5.74) is 1.56. The van der Waals surface area contributed by atoms with E-state index in [1.165, 1.54) is 4.68 Å². The lowest BCUT2D eigenvalue weighted by atomic mass is 10.2. The van der Waals surface area contributed by atoms with Crippen molar-refractivity contribution in [1.29, 1.82) is 0 Å². The van der Waals surface area contributed by atoms with Crippen LogP contribution in [0, 0.1) is 0 Å². The summed E-state index contributed by atoms with van der Waals surface area (Å²) in [6.45, 7) is 2.21. The summed E-state index contributed by atoms with van der Waals surface area (Å²) in [7, 11) is 0. The fraction of sp³-hybridized carbons (Fsp3) is 0.185. The molecule has 2 amide bonds. The molecule has 10 heteroatoms. The molecule has 0 unspecified atom stereocenters. The molecule has 0 saturated heterocycles. The Morgan fingerprint density at radius 1 is 0.892 bits per heavy atom. The van der Waals surface area contributed by atoms with Crippen LogP contribution in [0.3, 0.4) is 0 Å². The first-order valence-electron chi connectivity index (χ1n) is 11.8. The van der Waals surface area contributed by atoms with E-state index < -0.39 is 5.91 Å². The maximum Gasteiger partial charge on any atom is 0.274 e. The molecule has 0 bridgehead atoms. The molecule has 3 aromatic carbocycles. The summed E-state index contributed by atoms with van der Waals surface area (Å²) in [6.07, 6.45) is 0. The van der Waals surface area contributed by atoms with Crippen LogP contribution in [-0.2, 0) is 6.61 Å². The van der Waals surface area contributed by atoms with Gasteiger partial charge < -0.3 is 25.2 Å². The van der Waals surface area contributed by atoms with E-state index in [1.54, 1.807) is 42.5 Å². The van der Waals surface area contributed by atoms with E-state index in [-0.39, 0.29) is 31.4 Å². The Labute approximate surface area is 213 Å². The number of hydrogen-bond acceptors (Lipinski definition) is 7. The van der Waals surface area contributed by atoms with Crippen LogP contribution in [0.15, 0.2) is 78.9 Å². The number of aromatic nitrogens is 3. The van der Waals surface area contributed by atoms with Crippen LogP contribution in [0.25, 0.3) is 5.69 Å². The summed E-state index contributed by atoms with van der Waals surface area (Å²) in [5, 5.41) is 22.6. The van der Waals surface area contributed by atoms with Crippen molar-refractivity contribution in [2.24, 2.45) is 0 Å². The number of amides is 2. The second kappa shape index (κ2) is 12.3. The van der Waals surface area contributed by atoms with Gasteiger partial charge in [-0.05, 0) is 55.5 Å². The molecule has 3 N–H and O–H groups in total. The van der Waals surface area contributed by atoms with Crippen LogP contribution in [0.5, 0.6) is 17.2 Å². The van der Waals surface area contributed by atoms with E-state index in [9.17, 15) is 9.59 Å². The summed E-state index contributed by atoms with van der Waals surface area (Å²) >= 11 is 0. The van der Waals surface area contributed by atoms with Crippen LogP contribution in [0.2, 0.25) is 0 Å². The second-order valence-corrected chi connectivity index (χ2v) is 7.86. The topological polar surface area (TPSA) is 128 Å². The molecule has 0 atom stereocenters. The van der Waals surface area contributed by atoms with Gasteiger partial charge in [-0.1, -0.05) is 29.5 Å². The Balaban J connectivity index is 1.57. The SMILES string of the molecule is CCNC(=O)c1ccc(-n2nnc(C(=O)NCCO)c2COc2cccc(Oc3ccccc3)c2)cc1. The molecule has 4 rings (SSSR count). The zero-order valence-electron chi connectivity index (χ0n) is 20.3. The van der Waals surface area contributed by atoms with Gasteiger partial charge in [-0.3, -0.25) is 9.59 Å². The normalized spacial score (nSPS) is 10.5.